The second-order valence-electron chi connectivity index (χ2n) is 4.17. The Hall–Kier alpha value is -2.70. The van der Waals surface area contributed by atoms with Crippen LogP contribution < -0.4 is 15.5 Å². The van der Waals surface area contributed by atoms with Crippen LogP contribution in [0.4, 0.5) is 5.82 Å². The molecule has 1 aromatic heterocycles. The standard InChI is InChI=1S/C13H13N3O4/c17-11(18)6-5-10(13(19)20)16-12-8-3-1-2-4-9(8)14-7-15-12/h1-4,7,10H,5-6H2,(H,17,18)(H,19,20)(H,14,15,16)/p-2. The van der Waals surface area contributed by atoms with Crippen LogP contribution in [0.25, 0.3) is 10.9 Å². The molecule has 0 amide bonds. The van der Waals surface area contributed by atoms with E-state index in [2.05, 4.69) is 15.3 Å². The number of rotatable bonds is 6. The summed E-state index contributed by atoms with van der Waals surface area (Å²) < 4.78 is 0. The van der Waals surface area contributed by atoms with Crippen molar-refractivity contribution in [3.63, 3.8) is 0 Å². The molecule has 104 valence electrons. The van der Waals surface area contributed by atoms with E-state index >= 15 is 0 Å². The molecule has 1 aromatic carbocycles. The second kappa shape index (κ2) is 5.96. The van der Waals surface area contributed by atoms with Gasteiger partial charge in [-0.3, -0.25) is 0 Å². The van der Waals surface area contributed by atoms with Crippen LogP contribution in [0.3, 0.4) is 0 Å². The number of hydrogen-bond acceptors (Lipinski definition) is 7. The Kier molecular flexibility index (Phi) is 4.09. The quantitative estimate of drug-likeness (QED) is 0.694. The highest BCUT2D eigenvalue weighted by Crippen LogP contribution is 2.19. The van der Waals surface area contributed by atoms with Crippen LogP contribution in [-0.2, 0) is 9.59 Å². The number of carboxylic acid groups (broad SMARTS) is 2. The third kappa shape index (κ3) is 3.19. The van der Waals surface area contributed by atoms with E-state index in [1.807, 2.05) is 0 Å². The van der Waals surface area contributed by atoms with Crippen molar-refractivity contribution >= 4 is 28.7 Å². The minimum atomic E-state index is -1.39. The van der Waals surface area contributed by atoms with Gasteiger partial charge in [-0.15, -0.1) is 0 Å². The molecular formula is C13H11N3O4-2. The molecule has 7 nitrogen and oxygen atoms in total. The number of para-hydroxylation sites is 1. The number of nitrogens with zero attached hydrogens (tertiary/aromatic N) is 2. The van der Waals surface area contributed by atoms with Crippen LogP contribution >= 0.6 is 0 Å². The molecule has 7 heteroatoms. The number of fused-ring (bicyclic) bond motifs is 1. The van der Waals surface area contributed by atoms with Crippen molar-refractivity contribution in [3.05, 3.63) is 30.6 Å². The summed E-state index contributed by atoms with van der Waals surface area (Å²) in [4.78, 5) is 29.5. The summed E-state index contributed by atoms with van der Waals surface area (Å²) >= 11 is 0. The van der Waals surface area contributed by atoms with Crippen molar-refractivity contribution in [2.75, 3.05) is 5.32 Å². The summed E-state index contributed by atoms with van der Waals surface area (Å²) in [5.41, 5.74) is 0.655. The highest BCUT2D eigenvalue weighted by Gasteiger charge is 2.12. The lowest BCUT2D eigenvalue weighted by Crippen LogP contribution is -2.42. The molecule has 2 aromatic rings. The molecule has 20 heavy (non-hydrogen) atoms. The molecule has 1 atom stereocenters. The van der Waals surface area contributed by atoms with Gasteiger partial charge in [0.2, 0.25) is 0 Å². The zero-order chi connectivity index (χ0) is 14.5. The smallest absolute Gasteiger partial charge is 0.137 e. The van der Waals surface area contributed by atoms with Gasteiger partial charge in [0, 0.05) is 11.4 Å². The van der Waals surface area contributed by atoms with E-state index in [0.717, 1.165) is 0 Å². The monoisotopic (exact) mass is 273 g/mol. The maximum Gasteiger partial charge on any atom is 0.137 e. The van der Waals surface area contributed by atoms with Gasteiger partial charge in [0.15, 0.2) is 0 Å². The Labute approximate surface area is 114 Å². The average Bonchev–Trinajstić information content (AvgIpc) is 2.43. The van der Waals surface area contributed by atoms with Gasteiger partial charge in [-0.05, 0) is 25.0 Å². The van der Waals surface area contributed by atoms with Gasteiger partial charge in [0.25, 0.3) is 0 Å². The van der Waals surface area contributed by atoms with E-state index < -0.39 is 18.0 Å². The van der Waals surface area contributed by atoms with Gasteiger partial charge in [0.05, 0.1) is 17.5 Å². The van der Waals surface area contributed by atoms with Gasteiger partial charge in [-0.2, -0.15) is 0 Å². The Morgan fingerprint density at radius 1 is 1.20 bits per heavy atom. The van der Waals surface area contributed by atoms with E-state index in [9.17, 15) is 19.8 Å². The molecule has 0 aliphatic carbocycles. The summed E-state index contributed by atoms with van der Waals surface area (Å²) in [5.74, 6) is -2.39. The number of aliphatic carboxylic acids is 2. The summed E-state index contributed by atoms with van der Waals surface area (Å²) in [6.45, 7) is 0. The molecule has 0 fully saturated rings. The van der Waals surface area contributed by atoms with Crippen LogP contribution in [0.15, 0.2) is 30.6 Å². The van der Waals surface area contributed by atoms with Gasteiger partial charge in [-0.25, -0.2) is 9.97 Å². The van der Waals surface area contributed by atoms with E-state index in [-0.39, 0.29) is 12.8 Å². The molecular weight excluding hydrogens is 262 g/mol. The molecule has 1 heterocycles. The van der Waals surface area contributed by atoms with Crippen LogP contribution in [0, 0.1) is 0 Å². The SMILES string of the molecule is O=C([O-])CCC(Nc1ncnc2ccccc12)C(=O)[O-]. The van der Waals surface area contributed by atoms with Crippen molar-refractivity contribution in [1.29, 1.82) is 0 Å². The Bertz CT molecular complexity index is 639. The normalized spacial score (nSPS) is 12.0. The third-order valence-corrected chi connectivity index (χ3v) is 2.78. The third-order valence-electron chi connectivity index (χ3n) is 2.78. The number of benzene rings is 1. The average molecular weight is 273 g/mol. The van der Waals surface area contributed by atoms with Crippen LogP contribution in [0.2, 0.25) is 0 Å². The number of anilines is 1. The summed E-state index contributed by atoms with van der Waals surface area (Å²) in [6, 6.07) is 5.91. The predicted molar refractivity (Wildman–Crippen MR) is 66.2 cm³/mol. The van der Waals surface area contributed by atoms with Crippen molar-refractivity contribution in [2.24, 2.45) is 0 Å². The zero-order valence-corrected chi connectivity index (χ0v) is 10.4. The lowest BCUT2D eigenvalue weighted by molar-refractivity contribution is -0.308. The predicted octanol–water partition coefficient (Wildman–Crippen LogP) is -1.31. The summed E-state index contributed by atoms with van der Waals surface area (Å²) in [7, 11) is 0. The fourth-order valence-electron chi connectivity index (χ4n) is 1.80. The Morgan fingerprint density at radius 3 is 2.65 bits per heavy atom. The zero-order valence-electron chi connectivity index (χ0n) is 10.4. The van der Waals surface area contributed by atoms with Crippen molar-refractivity contribution < 1.29 is 19.8 Å². The fourth-order valence-corrected chi connectivity index (χ4v) is 1.80. The topological polar surface area (TPSA) is 118 Å². The van der Waals surface area contributed by atoms with E-state index in [4.69, 9.17) is 0 Å². The first kappa shape index (κ1) is 13.7. The van der Waals surface area contributed by atoms with Gasteiger partial charge < -0.3 is 25.1 Å². The van der Waals surface area contributed by atoms with E-state index in [0.29, 0.717) is 16.7 Å². The lowest BCUT2D eigenvalue weighted by Gasteiger charge is -2.21. The van der Waals surface area contributed by atoms with E-state index in [1.165, 1.54) is 6.33 Å². The Balaban J connectivity index is 2.24. The van der Waals surface area contributed by atoms with Crippen molar-refractivity contribution in [2.45, 2.75) is 18.9 Å². The van der Waals surface area contributed by atoms with Crippen LogP contribution in [-0.4, -0.2) is 27.9 Å². The molecule has 0 bridgehead atoms. The first-order valence-corrected chi connectivity index (χ1v) is 5.95. The number of nitrogens with one attached hydrogen (secondary N) is 1. The first-order valence-electron chi connectivity index (χ1n) is 5.95. The highest BCUT2D eigenvalue weighted by atomic mass is 16.4. The molecule has 0 aliphatic heterocycles. The number of carbonyl (C=O) groups is 2. The molecule has 1 N–H and O–H groups in total. The number of carbonyl (C=O) groups excluding carboxylic acids is 2. The second-order valence-corrected chi connectivity index (χ2v) is 4.17. The minimum Gasteiger partial charge on any atom is -0.550 e. The first-order chi connectivity index (χ1) is 9.58. The van der Waals surface area contributed by atoms with Crippen LogP contribution in [0.1, 0.15) is 12.8 Å². The summed E-state index contributed by atoms with van der Waals surface area (Å²) in [5, 5.41) is 24.8. The van der Waals surface area contributed by atoms with Gasteiger partial charge in [0.1, 0.15) is 12.1 Å². The number of aromatic nitrogens is 2. The number of hydrogen-bond donors (Lipinski definition) is 1. The fraction of sp³-hybridized carbons (Fsp3) is 0.231. The van der Waals surface area contributed by atoms with Gasteiger partial charge >= 0.3 is 0 Å². The Morgan fingerprint density at radius 2 is 1.95 bits per heavy atom. The largest absolute Gasteiger partial charge is 0.550 e. The van der Waals surface area contributed by atoms with Crippen molar-refractivity contribution in [3.8, 4) is 0 Å². The minimum absolute atomic E-state index is 0.150. The molecule has 0 saturated heterocycles. The maximum absolute atomic E-state index is 11.0. The number of carboxylic acids is 2. The molecule has 0 saturated carbocycles. The van der Waals surface area contributed by atoms with Crippen molar-refractivity contribution in [1.82, 2.24) is 9.97 Å². The molecule has 0 radical (unpaired) electrons. The molecule has 1 unspecified atom stereocenters. The molecule has 0 aliphatic rings. The molecule has 2 rings (SSSR count). The summed E-state index contributed by atoms with van der Waals surface area (Å²) in [6.07, 6.45) is 0.771. The van der Waals surface area contributed by atoms with Gasteiger partial charge in [-0.1, -0.05) is 12.1 Å². The molecule has 0 spiro atoms. The van der Waals surface area contributed by atoms with E-state index in [1.54, 1.807) is 24.3 Å². The van der Waals surface area contributed by atoms with Crippen LogP contribution in [0.5, 0.6) is 0 Å². The maximum atomic E-state index is 11.0. The highest BCUT2D eigenvalue weighted by molar-refractivity contribution is 5.90. The lowest BCUT2D eigenvalue weighted by atomic mass is 10.1.